The van der Waals surface area contributed by atoms with Gasteiger partial charge in [0.25, 0.3) is 0 Å². The second-order valence-electron chi connectivity index (χ2n) is 8.17. The normalized spacial score (nSPS) is 18.5. The number of amides is 1. The number of anilines is 2. The van der Waals surface area contributed by atoms with Gasteiger partial charge in [0.05, 0.1) is 11.4 Å². The number of pyridine rings is 1. The summed E-state index contributed by atoms with van der Waals surface area (Å²) < 4.78 is 27.2. The van der Waals surface area contributed by atoms with Crippen LogP contribution in [0.1, 0.15) is 32.1 Å². The minimum Gasteiger partial charge on any atom is -0.370 e. The molecule has 0 radical (unpaired) electrons. The van der Waals surface area contributed by atoms with Gasteiger partial charge in [-0.25, -0.2) is 13.4 Å². The highest BCUT2D eigenvalue weighted by atomic mass is 35.5. The Balaban J connectivity index is 1.42. The lowest BCUT2D eigenvalue weighted by Gasteiger charge is -2.32. The molecule has 2 aliphatic heterocycles. The quantitative estimate of drug-likeness (QED) is 0.619. The summed E-state index contributed by atoms with van der Waals surface area (Å²) in [5.41, 5.74) is 1.69. The van der Waals surface area contributed by atoms with Gasteiger partial charge in [-0.2, -0.15) is 4.31 Å². The Kier molecular flexibility index (Phi) is 7.24. The summed E-state index contributed by atoms with van der Waals surface area (Å²) in [5, 5.41) is 3.57. The lowest BCUT2D eigenvalue weighted by Crippen LogP contribution is -2.41. The average Bonchev–Trinajstić information content (AvgIpc) is 2.80. The highest BCUT2D eigenvalue weighted by Crippen LogP contribution is 2.33. The number of rotatable bonds is 5. The highest BCUT2D eigenvalue weighted by Gasteiger charge is 2.33. The molecular weight excluding hydrogens is 471 g/mol. The van der Waals surface area contributed by atoms with E-state index in [1.807, 2.05) is 12.1 Å². The molecule has 2 fully saturated rings. The summed E-state index contributed by atoms with van der Waals surface area (Å²) in [6.45, 7) is 2.41. The minimum absolute atomic E-state index is 0.00494. The zero-order valence-electron chi connectivity index (χ0n) is 17.6. The van der Waals surface area contributed by atoms with Crippen molar-refractivity contribution in [2.24, 2.45) is 5.92 Å². The van der Waals surface area contributed by atoms with E-state index in [4.69, 9.17) is 23.2 Å². The van der Waals surface area contributed by atoms with Crippen molar-refractivity contribution >= 4 is 50.5 Å². The van der Waals surface area contributed by atoms with Crippen LogP contribution in [-0.4, -0.2) is 49.8 Å². The number of halogens is 2. The van der Waals surface area contributed by atoms with Gasteiger partial charge in [0.2, 0.25) is 15.9 Å². The molecule has 2 aromatic rings. The summed E-state index contributed by atoms with van der Waals surface area (Å²) in [6, 6.07) is 8.58. The maximum Gasteiger partial charge on any atom is 0.246 e. The van der Waals surface area contributed by atoms with Crippen molar-refractivity contribution in [3.05, 3.63) is 46.7 Å². The Labute approximate surface area is 198 Å². The molecule has 10 heteroatoms. The number of nitrogens with one attached hydrogen (secondary N) is 1. The lowest BCUT2D eigenvalue weighted by molar-refractivity contribution is -0.120. The van der Waals surface area contributed by atoms with E-state index >= 15 is 0 Å². The van der Waals surface area contributed by atoms with E-state index in [1.54, 1.807) is 12.1 Å². The molecule has 1 N–H and O–H groups in total. The van der Waals surface area contributed by atoms with E-state index in [0.29, 0.717) is 23.6 Å². The van der Waals surface area contributed by atoms with Crippen LogP contribution in [-0.2, 0) is 14.8 Å². The molecule has 0 atom stereocenters. The zero-order chi connectivity index (χ0) is 22.7. The minimum atomic E-state index is -3.74. The zero-order valence-corrected chi connectivity index (χ0v) is 20.0. The number of hydrogen-bond acceptors (Lipinski definition) is 5. The number of aromatic nitrogens is 1. The first kappa shape index (κ1) is 23.3. The predicted octanol–water partition coefficient (Wildman–Crippen LogP) is 4.42. The number of carbonyl (C=O) groups excluding carboxylic acids is 1. The topological polar surface area (TPSA) is 82.6 Å². The Morgan fingerprint density at radius 3 is 2.44 bits per heavy atom. The van der Waals surface area contributed by atoms with Crippen LogP contribution in [0.2, 0.25) is 10.2 Å². The Morgan fingerprint density at radius 1 is 1.03 bits per heavy atom. The molecule has 2 saturated heterocycles. The monoisotopic (exact) mass is 496 g/mol. The molecule has 172 valence electrons. The molecule has 0 bridgehead atoms. The number of carbonyl (C=O) groups is 1. The molecule has 3 heterocycles. The van der Waals surface area contributed by atoms with E-state index < -0.39 is 10.0 Å². The third kappa shape index (κ3) is 5.03. The van der Waals surface area contributed by atoms with Crippen molar-refractivity contribution in [3.8, 4) is 0 Å². The highest BCUT2D eigenvalue weighted by molar-refractivity contribution is 7.89. The molecule has 32 heavy (non-hydrogen) atoms. The molecule has 4 rings (SSSR count). The second kappa shape index (κ2) is 9.95. The van der Waals surface area contributed by atoms with E-state index in [1.165, 1.54) is 23.0 Å². The van der Waals surface area contributed by atoms with Crippen LogP contribution >= 0.6 is 23.2 Å². The first-order valence-electron chi connectivity index (χ1n) is 10.8. The fraction of sp³-hybridized carbons (Fsp3) is 0.455. The van der Waals surface area contributed by atoms with Gasteiger partial charge < -0.3 is 10.2 Å². The van der Waals surface area contributed by atoms with Gasteiger partial charge in [-0.1, -0.05) is 23.2 Å². The number of piperidine rings is 2. The Hall–Kier alpha value is -1.87. The van der Waals surface area contributed by atoms with Crippen LogP contribution in [0.5, 0.6) is 0 Å². The van der Waals surface area contributed by atoms with Gasteiger partial charge >= 0.3 is 0 Å². The van der Waals surface area contributed by atoms with Gasteiger partial charge in [-0.05, 0) is 62.4 Å². The van der Waals surface area contributed by atoms with Crippen molar-refractivity contribution in [2.45, 2.75) is 37.0 Å². The summed E-state index contributed by atoms with van der Waals surface area (Å²) in [4.78, 5) is 19.2. The number of nitrogens with zero attached hydrogens (tertiary/aromatic N) is 3. The first-order chi connectivity index (χ1) is 15.4. The number of benzene rings is 1. The average molecular weight is 497 g/mol. The van der Waals surface area contributed by atoms with Crippen molar-refractivity contribution in [2.75, 3.05) is 36.4 Å². The van der Waals surface area contributed by atoms with Crippen LogP contribution in [0.3, 0.4) is 0 Å². The van der Waals surface area contributed by atoms with E-state index in [9.17, 15) is 13.2 Å². The molecule has 1 amide bonds. The third-order valence-corrected chi connectivity index (χ3v) is 8.66. The van der Waals surface area contributed by atoms with Gasteiger partial charge in [-0.15, -0.1) is 0 Å². The Morgan fingerprint density at radius 2 is 1.75 bits per heavy atom. The predicted molar refractivity (Wildman–Crippen MR) is 127 cm³/mol. The maximum atomic E-state index is 13.0. The van der Waals surface area contributed by atoms with Crippen molar-refractivity contribution in [3.63, 3.8) is 0 Å². The summed E-state index contributed by atoms with van der Waals surface area (Å²) >= 11 is 12.2. The van der Waals surface area contributed by atoms with Gasteiger partial charge in [-0.3, -0.25) is 4.79 Å². The van der Waals surface area contributed by atoms with Gasteiger partial charge in [0.15, 0.2) is 0 Å². The van der Waals surface area contributed by atoms with Crippen LogP contribution in [0, 0.1) is 5.92 Å². The lowest BCUT2D eigenvalue weighted by atomic mass is 9.97. The van der Waals surface area contributed by atoms with Crippen molar-refractivity contribution in [1.82, 2.24) is 9.29 Å². The summed E-state index contributed by atoms with van der Waals surface area (Å²) in [7, 11) is -3.74. The fourth-order valence-corrected chi connectivity index (χ4v) is 6.38. The van der Waals surface area contributed by atoms with Crippen LogP contribution in [0.15, 0.2) is 41.4 Å². The molecule has 1 aromatic carbocycles. The van der Waals surface area contributed by atoms with E-state index in [2.05, 4.69) is 15.2 Å². The van der Waals surface area contributed by atoms with Crippen LogP contribution < -0.4 is 10.2 Å². The van der Waals surface area contributed by atoms with Crippen LogP contribution in [0.25, 0.3) is 0 Å². The molecule has 7 nitrogen and oxygen atoms in total. The molecule has 0 unspecified atom stereocenters. The smallest absolute Gasteiger partial charge is 0.246 e. The summed E-state index contributed by atoms with van der Waals surface area (Å²) in [6.07, 6.45) is 5.79. The largest absolute Gasteiger partial charge is 0.370 e. The standard InChI is InChI=1S/C22H26Cl2N4O3S/c23-17-6-7-19(27-11-2-1-3-12-27)18(15-17)26-22(29)16-8-13-28(14-9-16)32(30,31)20-5-4-10-25-21(20)24/h4-7,10,15-16H,1-3,8-9,11-14H2,(H,26,29). The Bertz CT molecular complexity index is 1080. The maximum absolute atomic E-state index is 13.0. The second-order valence-corrected chi connectivity index (χ2v) is 10.9. The fourth-order valence-electron chi connectivity index (χ4n) is 4.31. The molecule has 0 saturated carbocycles. The molecular formula is C22H26Cl2N4O3S. The van der Waals surface area contributed by atoms with Crippen LogP contribution in [0.4, 0.5) is 11.4 Å². The molecule has 0 aliphatic carbocycles. The van der Waals surface area contributed by atoms with Crippen molar-refractivity contribution < 1.29 is 13.2 Å². The van der Waals surface area contributed by atoms with Gasteiger partial charge in [0.1, 0.15) is 10.0 Å². The van der Waals surface area contributed by atoms with E-state index in [-0.39, 0.29) is 35.0 Å². The van der Waals surface area contributed by atoms with E-state index in [0.717, 1.165) is 31.6 Å². The first-order valence-corrected chi connectivity index (χ1v) is 13.0. The molecule has 0 spiro atoms. The molecule has 2 aliphatic rings. The summed E-state index contributed by atoms with van der Waals surface area (Å²) in [5.74, 6) is -0.388. The number of hydrogen-bond donors (Lipinski definition) is 1. The third-order valence-electron chi connectivity index (χ3n) is 6.08. The SMILES string of the molecule is O=C(Nc1cc(Cl)ccc1N1CCCCC1)C1CCN(S(=O)(=O)c2cccnc2Cl)CC1. The van der Waals surface area contributed by atoms with Gasteiger partial charge in [0, 0.05) is 43.3 Å². The molecule has 1 aromatic heterocycles. The number of sulfonamides is 1. The van der Waals surface area contributed by atoms with Crippen molar-refractivity contribution in [1.29, 1.82) is 0 Å².